The molecule has 1 amide bonds. The van der Waals surface area contributed by atoms with E-state index in [4.69, 9.17) is 5.11 Å². The Balaban J connectivity index is 2.02. The molecule has 1 aromatic rings. The fraction of sp³-hybridized carbons (Fsp3) is 0.462. The number of carbonyl (C=O) groups excluding carboxylic acids is 1. The second-order valence-corrected chi connectivity index (χ2v) is 4.53. The Labute approximate surface area is 101 Å². The first-order valence-electron chi connectivity index (χ1n) is 6.03. The monoisotopic (exact) mass is 235 g/mol. The van der Waals surface area contributed by atoms with Crippen LogP contribution in [0.5, 0.6) is 0 Å². The number of amides is 1. The number of para-hydroxylation sites is 1. The summed E-state index contributed by atoms with van der Waals surface area (Å²) in [4.78, 5) is 15.0. The fourth-order valence-electron chi connectivity index (χ4n) is 2.23. The van der Waals surface area contributed by atoms with Crippen molar-refractivity contribution >= 4 is 11.6 Å². The van der Waals surface area contributed by atoms with E-state index in [0.29, 0.717) is 13.1 Å². The molecule has 2 N–H and O–H groups in total. The molecular formula is C13H19N2O2+. The average molecular weight is 235 g/mol. The van der Waals surface area contributed by atoms with E-state index in [0.717, 1.165) is 23.6 Å². The number of aliphatic hydroxyl groups is 1. The van der Waals surface area contributed by atoms with Crippen molar-refractivity contribution in [2.45, 2.75) is 6.42 Å². The highest BCUT2D eigenvalue weighted by molar-refractivity contribution is 5.96. The first-order valence-corrected chi connectivity index (χ1v) is 6.03. The van der Waals surface area contributed by atoms with Gasteiger partial charge in [0.15, 0.2) is 6.54 Å². The van der Waals surface area contributed by atoms with Crippen LogP contribution in [-0.4, -0.2) is 44.3 Å². The molecule has 0 bridgehead atoms. The van der Waals surface area contributed by atoms with E-state index in [1.54, 1.807) is 0 Å². The Kier molecular flexibility index (Phi) is 3.76. The van der Waals surface area contributed by atoms with Gasteiger partial charge in [0.2, 0.25) is 0 Å². The maximum absolute atomic E-state index is 12.1. The van der Waals surface area contributed by atoms with Gasteiger partial charge < -0.3 is 14.9 Å². The highest BCUT2D eigenvalue weighted by Gasteiger charge is 2.25. The van der Waals surface area contributed by atoms with Crippen LogP contribution in [0.3, 0.4) is 0 Å². The maximum atomic E-state index is 12.1. The number of hydrogen-bond acceptors (Lipinski definition) is 2. The van der Waals surface area contributed by atoms with E-state index in [2.05, 4.69) is 6.07 Å². The third kappa shape index (κ3) is 2.65. The third-order valence-electron chi connectivity index (χ3n) is 3.18. The molecule has 2 rings (SSSR count). The van der Waals surface area contributed by atoms with Crippen molar-refractivity contribution < 1.29 is 14.8 Å². The Morgan fingerprint density at radius 3 is 3.00 bits per heavy atom. The molecule has 1 heterocycles. The van der Waals surface area contributed by atoms with Crippen molar-refractivity contribution in [2.24, 2.45) is 0 Å². The highest BCUT2D eigenvalue weighted by atomic mass is 16.3. The van der Waals surface area contributed by atoms with Crippen LogP contribution in [0.2, 0.25) is 0 Å². The summed E-state index contributed by atoms with van der Waals surface area (Å²) in [6.07, 6.45) is 0.945. The number of rotatable bonds is 4. The van der Waals surface area contributed by atoms with Crippen molar-refractivity contribution in [2.75, 3.05) is 38.2 Å². The summed E-state index contributed by atoms with van der Waals surface area (Å²) in [5.41, 5.74) is 2.30. The van der Waals surface area contributed by atoms with Gasteiger partial charge in [-0.3, -0.25) is 4.79 Å². The van der Waals surface area contributed by atoms with Gasteiger partial charge in [0.05, 0.1) is 13.7 Å². The number of nitrogens with one attached hydrogen (secondary N) is 1. The predicted molar refractivity (Wildman–Crippen MR) is 66.2 cm³/mol. The zero-order valence-electron chi connectivity index (χ0n) is 10.1. The molecule has 0 aliphatic carbocycles. The van der Waals surface area contributed by atoms with E-state index in [1.165, 1.54) is 5.56 Å². The van der Waals surface area contributed by atoms with Crippen LogP contribution in [0.15, 0.2) is 24.3 Å². The summed E-state index contributed by atoms with van der Waals surface area (Å²) in [6.45, 7) is 1.95. The Hall–Kier alpha value is -1.39. The average Bonchev–Trinajstić information content (AvgIpc) is 2.72. The van der Waals surface area contributed by atoms with Gasteiger partial charge in [-0.1, -0.05) is 18.2 Å². The summed E-state index contributed by atoms with van der Waals surface area (Å²) in [5.74, 6) is 0.140. The molecule has 92 valence electrons. The number of benzene rings is 1. The maximum Gasteiger partial charge on any atom is 0.282 e. The second-order valence-electron chi connectivity index (χ2n) is 4.53. The van der Waals surface area contributed by atoms with Crippen LogP contribution >= 0.6 is 0 Å². The van der Waals surface area contributed by atoms with Crippen LogP contribution < -0.4 is 9.80 Å². The molecule has 0 saturated heterocycles. The molecule has 1 aliphatic heterocycles. The number of carbonyl (C=O) groups is 1. The normalized spacial score (nSPS) is 15.8. The molecule has 0 saturated carbocycles. The zero-order valence-corrected chi connectivity index (χ0v) is 10.1. The quantitative estimate of drug-likeness (QED) is 0.709. The smallest absolute Gasteiger partial charge is 0.282 e. The van der Waals surface area contributed by atoms with Gasteiger partial charge in [-0.15, -0.1) is 0 Å². The number of nitrogens with zero attached hydrogens (tertiary/aromatic N) is 1. The lowest BCUT2D eigenvalue weighted by atomic mass is 10.2. The van der Waals surface area contributed by atoms with Gasteiger partial charge in [0.1, 0.15) is 6.54 Å². The Morgan fingerprint density at radius 2 is 2.24 bits per heavy atom. The van der Waals surface area contributed by atoms with E-state index >= 15 is 0 Å². The van der Waals surface area contributed by atoms with E-state index < -0.39 is 0 Å². The number of fused-ring (bicyclic) bond motifs is 1. The molecule has 4 heteroatoms. The minimum absolute atomic E-state index is 0.121. The van der Waals surface area contributed by atoms with Gasteiger partial charge in [0.25, 0.3) is 5.91 Å². The molecular weight excluding hydrogens is 216 g/mol. The Bertz CT molecular complexity index is 406. The van der Waals surface area contributed by atoms with Crippen LogP contribution in [0, 0.1) is 0 Å². The van der Waals surface area contributed by atoms with Crippen molar-refractivity contribution in [1.29, 1.82) is 0 Å². The summed E-state index contributed by atoms with van der Waals surface area (Å²) in [5, 5.41) is 8.83. The minimum atomic E-state index is 0.121. The summed E-state index contributed by atoms with van der Waals surface area (Å²) >= 11 is 0. The highest BCUT2D eigenvalue weighted by Crippen LogP contribution is 2.26. The van der Waals surface area contributed by atoms with Gasteiger partial charge in [-0.05, 0) is 18.1 Å². The molecule has 1 unspecified atom stereocenters. The molecule has 1 aliphatic rings. The summed E-state index contributed by atoms with van der Waals surface area (Å²) < 4.78 is 0. The van der Waals surface area contributed by atoms with Crippen LogP contribution in [0.25, 0.3) is 0 Å². The van der Waals surface area contributed by atoms with Crippen molar-refractivity contribution in [3.05, 3.63) is 29.8 Å². The zero-order chi connectivity index (χ0) is 12.3. The van der Waals surface area contributed by atoms with Gasteiger partial charge >= 0.3 is 0 Å². The second kappa shape index (κ2) is 5.29. The number of quaternary nitrogens is 1. The van der Waals surface area contributed by atoms with Crippen LogP contribution in [0.1, 0.15) is 5.56 Å². The SMILES string of the molecule is C[NH+](CCO)CC(=O)N1CCc2ccccc21. The number of aliphatic hydroxyl groups excluding tert-OH is 1. The summed E-state index contributed by atoms with van der Waals surface area (Å²) in [6, 6.07) is 8.05. The van der Waals surface area contributed by atoms with Gasteiger partial charge in [-0.25, -0.2) is 0 Å². The Morgan fingerprint density at radius 1 is 1.47 bits per heavy atom. The number of anilines is 1. The molecule has 0 spiro atoms. The van der Waals surface area contributed by atoms with Crippen LogP contribution in [0.4, 0.5) is 5.69 Å². The van der Waals surface area contributed by atoms with Crippen molar-refractivity contribution in [3.63, 3.8) is 0 Å². The first-order chi connectivity index (χ1) is 8.22. The lowest BCUT2D eigenvalue weighted by Crippen LogP contribution is -3.10. The third-order valence-corrected chi connectivity index (χ3v) is 3.18. The molecule has 0 aromatic heterocycles. The fourth-order valence-corrected chi connectivity index (χ4v) is 2.23. The van der Waals surface area contributed by atoms with Gasteiger partial charge in [-0.2, -0.15) is 0 Å². The van der Waals surface area contributed by atoms with Gasteiger partial charge in [0, 0.05) is 12.2 Å². The first kappa shape index (κ1) is 12.1. The molecule has 17 heavy (non-hydrogen) atoms. The topological polar surface area (TPSA) is 45.0 Å². The molecule has 1 atom stereocenters. The lowest BCUT2D eigenvalue weighted by molar-refractivity contribution is -0.871. The number of hydrogen-bond donors (Lipinski definition) is 2. The summed E-state index contributed by atoms with van der Waals surface area (Å²) in [7, 11) is 1.93. The minimum Gasteiger partial charge on any atom is -0.391 e. The molecule has 0 radical (unpaired) electrons. The lowest BCUT2D eigenvalue weighted by Gasteiger charge is -2.19. The van der Waals surface area contributed by atoms with E-state index in [9.17, 15) is 4.79 Å². The van der Waals surface area contributed by atoms with E-state index in [-0.39, 0.29) is 12.5 Å². The van der Waals surface area contributed by atoms with Crippen molar-refractivity contribution in [1.82, 2.24) is 0 Å². The largest absolute Gasteiger partial charge is 0.391 e. The van der Waals surface area contributed by atoms with Crippen LogP contribution in [-0.2, 0) is 11.2 Å². The van der Waals surface area contributed by atoms with Crippen molar-refractivity contribution in [3.8, 4) is 0 Å². The standard InChI is InChI=1S/C13H18N2O2/c1-14(8-9-16)10-13(17)15-7-6-11-4-2-3-5-12(11)15/h2-5,16H,6-10H2,1H3/p+1. The predicted octanol–water partition coefficient (Wildman–Crippen LogP) is -0.917. The number of likely N-dealkylation sites (N-methyl/N-ethyl adjacent to an activating group) is 1. The van der Waals surface area contributed by atoms with E-state index in [1.807, 2.05) is 30.1 Å². The molecule has 1 aromatic carbocycles. The molecule has 4 nitrogen and oxygen atoms in total. The molecule has 0 fully saturated rings.